The molecule has 0 bridgehead atoms. The maximum Gasteiger partial charge on any atom is 0.261 e. The number of nitrogens with zero attached hydrogens (tertiary/aromatic N) is 1. The van der Waals surface area contributed by atoms with Crippen molar-refractivity contribution in [2.24, 2.45) is 0 Å². The smallest absolute Gasteiger partial charge is 0.261 e. The van der Waals surface area contributed by atoms with Crippen LogP contribution in [-0.4, -0.2) is 19.2 Å². The van der Waals surface area contributed by atoms with Crippen molar-refractivity contribution >= 4 is 22.9 Å². The van der Waals surface area contributed by atoms with Crippen LogP contribution in [0.15, 0.2) is 57.0 Å². The van der Waals surface area contributed by atoms with Crippen molar-refractivity contribution in [1.29, 1.82) is 0 Å². The van der Waals surface area contributed by atoms with E-state index in [1.165, 1.54) is 11.8 Å². The maximum atomic E-state index is 5.68. The monoisotopic (exact) mass is 287 g/mol. The van der Waals surface area contributed by atoms with Crippen LogP contribution in [0.5, 0.6) is 11.5 Å². The van der Waals surface area contributed by atoms with Gasteiger partial charge < -0.3 is 13.9 Å². The van der Waals surface area contributed by atoms with Crippen LogP contribution in [0.25, 0.3) is 11.1 Å². The lowest BCUT2D eigenvalue weighted by Crippen LogP contribution is -1.90. The molecule has 4 nitrogen and oxygen atoms in total. The standard InChI is InChI=1S/C15H13NO3S/c1-17-13-8-7-10(9-14(13)18-2)20-15-16-11-5-3-4-6-12(11)19-15/h3-9H,1-2H3. The minimum absolute atomic E-state index is 0.610. The molecule has 0 unspecified atom stereocenters. The number of oxazole rings is 1. The van der Waals surface area contributed by atoms with E-state index in [-0.39, 0.29) is 0 Å². The zero-order valence-electron chi connectivity index (χ0n) is 11.1. The number of benzene rings is 2. The zero-order chi connectivity index (χ0) is 13.9. The summed E-state index contributed by atoms with van der Waals surface area (Å²) in [6.07, 6.45) is 0. The molecule has 0 aliphatic heterocycles. The summed E-state index contributed by atoms with van der Waals surface area (Å²) in [7, 11) is 3.23. The van der Waals surface area contributed by atoms with E-state index in [4.69, 9.17) is 13.9 Å². The van der Waals surface area contributed by atoms with Crippen LogP contribution in [0.3, 0.4) is 0 Å². The number of rotatable bonds is 4. The Labute approximate surface area is 120 Å². The number of fused-ring (bicyclic) bond motifs is 1. The van der Waals surface area contributed by atoms with Crippen LogP contribution in [0.1, 0.15) is 0 Å². The molecule has 0 aliphatic rings. The molecule has 1 aromatic heterocycles. The fourth-order valence-electron chi connectivity index (χ4n) is 1.88. The van der Waals surface area contributed by atoms with Crippen molar-refractivity contribution in [3.8, 4) is 11.5 Å². The number of aromatic nitrogens is 1. The minimum atomic E-state index is 0.610. The van der Waals surface area contributed by atoms with Gasteiger partial charge in [-0.2, -0.15) is 0 Å². The molecular formula is C15H13NO3S. The van der Waals surface area contributed by atoms with E-state index in [0.29, 0.717) is 16.7 Å². The number of hydrogen-bond acceptors (Lipinski definition) is 5. The quantitative estimate of drug-likeness (QED) is 0.725. The van der Waals surface area contributed by atoms with Crippen molar-refractivity contribution in [2.45, 2.75) is 10.1 Å². The maximum absolute atomic E-state index is 5.68. The topological polar surface area (TPSA) is 44.5 Å². The Morgan fingerprint density at radius 3 is 2.55 bits per heavy atom. The highest BCUT2D eigenvalue weighted by Crippen LogP contribution is 2.35. The van der Waals surface area contributed by atoms with Gasteiger partial charge in [-0.3, -0.25) is 0 Å². The summed E-state index contributed by atoms with van der Waals surface area (Å²) in [5, 5.41) is 0.610. The Morgan fingerprint density at radius 1 is 1.00 bits per heavy atom. The van der Waals surface area contributed by atoms with E-state index >= 15 is 0 Å². The number of hydrogen-bond donors (Lipinski definition) is 0. The SMILES string of the molecule is COc1ccc(Sc2nc3ccccc3o2)cc1OC. The second-order valence-corrected chi connectivity index (χ2v) is 5.09. The minimum Gasteiger partial charge on any atom is -0.493 e. The molecule has 2 aromatic carbocycles. The van der Waals surface area contributed by atoms with Crippen LogP contribution in [0.4, 0.5) is 0 Å². The molecule has 20 heavy (non-hydrogen) atoms. The third-order valence-corrected chi connectivity index (χ3v) is 3.67. The molecule has 0 fully saturated rings. The number of methoxy groups -OCH3 is 2. The normalized spacial score (nSPS) is 10.7. The highest BCUT2D eigenvalue weighted by molar-refractivity contribution is 7.99. The van der Waals surface area contributed by atoms with Gasteiger partial charge in [-0.1, -0.05) is 12.1 Å². The summed E-state index contributed by atoms with van der Waals surface area (Å²) in [6, 6.07) is 13.4. The van der Waals surface area contributed by atoms with Gasteiger partial charge in [-0.05, 0) is 42.1 Å². The fourth-order valence-corrected chi connectivity index (χ4v) is 2.65. The van der Waals surface area contributed by atoms with Gasteiger partial charge in [0.2, 0.25) is 0 Å². The molecule has 0 saturated heterocycles. The van der Waals surface area contributed by atoms with E-state index in [1.54, 1.807) is 14.2 Å². The third kappa shape index (κ3) is 2.44. The first-order valence-corrected chi connectivity index (χ1v) is 6.87. The Bertz CT molecular complexity index is 706. The highest BCUT2D eigenvalue weighted by Gasteiger charge is 2.10. The molecule has 0 N–H and O–H groups in total. The summed E-state index contributed by atoms with van der Waals surface area (Å²) >= 11 is 1.45. The summed E-state index contributed by atoms with van der Waals surface area (Å²) in [5.74, 6) is 1.39. The van der Waals surface area contributed by atoms with E-state index in [2.05, 4.69) is 4.98 Å². The van der Waals surface area contributed by atoms with Crippen LogP contribution < -0.4 is 9.47 Å². The number of ether oxygens (including phenoxy) is 2. The van der Waals surface area contributed by atoms with E-state index in [0.717, 1.165) is 16.0 Å². The molecule has 5 heteroatoms. The van der Waals surface area contributed by atoms with Crippen molar-refractivity contribution < 1.29 is 13.9 Å². The Morgan fingerprint density at radius 2 is 1.80 bits per heavy atom. The molecule has 0 aliphatic carbocycles. The third-order valence-electron chi connectivity index (χ3n) is 2.83. The molecule has 1 heterocycles. The lowest BCUT2D eigenvalue weighted by atomic mass is 10.3. The predicted octanol–water partition coefficient (Wildman–Crippen LogP) is 4.00. The highest BCUT2D eigenvalue weighted by atomic mass is 32.2. The Kier molecular flexibility index (Phi) is 3.52. The van der Waals surface area contributed by atoms with Gasteiger partial charge in [0.1, 0.15) is 5.52 Å². The van der Waals surface area contributed by atoms with Gasteiger partial charge in [-0.15, -0.1) is 0 Å². The lowest BCUT2D eigenvalue weighted by Gasteiger charge is -2.08. The van der Waals surface area contributed by atoms with E-state index in [1.807, 2.05) is 42.5 Å². The molecule has 0 amide bonds. The van der Waals surface area contributed by atoms with Crippen molar-refractivity contribution in [3.63, 3.8) is 0 Å². The van der Waals surface area contributed by atoms with Gasteiger partial charge in [0.15, 0.2) is 17.1 Å². The molecule has 0 spiro atoms. The van der Waals surface area contributed by atoms with Crippen LogP contribution in [-0.2, 0) is 0 Å². The second kappa shape index (κ2) is 5.46. The van der Waals surface area contributed by atoms with Gasteiger partial charge in [-0.25, -0.2) is 4.98 Å². The average molecular weight is 287 g/mol. The average Bonchev–Trinajstić information content (AvgIpc) is 2.89. The largest absolute Gasteiger partial charge is 0.493 e. The lowest BCUT2D eigenvalue weighted by molar-refractivity contribution is 0.354. The summed E-state index contributed by atoms with van der Waals surface area (Å²) in [6.45, 7) is 0. The Balaban J connectivity index is 1.90. The zero-order valence-corrected chi connectivity index (χ0v) is 11.9. The fraction of sp³-hybridized carbons (Fsp3) is 0.133. The molecular weight excluding hydrogens is 274 g/mol. The van der Waals surface area contributed by atoms with Crippen molar-refractivity contribution in [2.75, 3.05) is 14.2 Å². The van der Waals surface area contributed by atoms with Gasteiger partial charge in [0.25, 0.3) is 5.22 Å². The van der Waals surface area contributed by atoms with E-state index in [9.17, 15) is 0 Å². The predicted molar refractivity (Wildman–Crippen MR) is 77.7 cm³/mol. The molecule has 3 rings (SSSR count). The van der Waals surface area contributed by atoms with Gasteiger partial charge in [0.05, 0.1) is 14.2 Å². The van der Waals surface area contributed by atoms with Crippen molar-refractivity contribution in [3.05, 3.63) is 42.5 Å². The molecule has 0 saturated carbocycles. The summed E-state index contributed by atoms with van der Waals surface area (Å²) < 4.78 is 16.2. The van der Waals surface area contributed by atoms with Crippen molar-refractivity contribution in [1.82, 2.24) is 4.98 Å². The first-order valence-electron chi connectivity index (χ1n) is 6.05. The van der Waals surface area contributed by atoms with Crippen LogP contribution in [0.2, 0.25) is 0 Å². The van der Waals surface area contributed by atoms with Crippen LogP contribution in [0, 0.1) is 0 Å². The Hall–Kier alpha value is -2.14. The number of para-hydroxylation sites is 2. The van der Waals surface area contributed by atoms with Gasteiger partial charge >= 0.3 is 0 Å². The molecule has 102 valence electrons. The van der Waals surface area contributed by atoms with E-state index < -0.39 is 0 Å². The first kappa shape index (κ1) is 12.9. The molecule has 3 aromatic rings. The first-order chi connectivity index (χ1) is 9.80. The van der Waals surface area contributed by atoms with Crippen LogP contribution >= 0.6 is 11.8 Å². The van der Waals surface area contributed by atoms with Gasteiger partial charge in [0, 0.05) is 4.90 Å². The summed E-state index contributed by atoms with van der Waals surface area (Å²) in [4.78, 5) is 5.41. The second-order valence-electron chi connectivity index (χ2n) is 4.07. The summed E-state index contributed by atoms with van der Waals surface area (Å²) in [5.41, 5.74) is 1.64. The molecule has 0 radical (unpaired) electrons. The molecule has 0 atom stereocenters.